The summed E-state index contributed by atoms with van der Waals surface area (Å²) in [5.74, 6) is 1.81. The Balaban J connectivity index is 1.87. The lowest BCUT2D eigenvalue weighted by Crippen LogP contribution is -2.53. The molecule has 3 atom stereocenters. The number of amides is 1. The maximum absolute atomic E-state index is 11.9. The summed E-state index contributed by atoms with van der Waals surface area (Å²) in [4.78, 5) is 11.9. The largest absolute Gasteiger partial charge is 0.353 e. The molecule has 0 aromatic heterocycles. The van der Waals surface area contributed by atoms with Gasteiger partial charge in [-0.05, 0) is 45.1 Å². The van der Waals surface area contributed by atoms with Gasteiger partial charge in [-0.2, -0.15) is 0 Å². The van der Waals surface area contributed by atoms with Crippen molar-refractivity contribution in [1.29, 1.82) is 0 Å². The number of hydrogen-bond acceptors (Lipinski definition) is 2. The van der Waals surface area contributed by atoms with Gasteiger partial charge in [-0.25, -0.2) is 0 Å². The van der Waals surface area contributed by atoms with Gasteiger partial charge < -0.3 is 10.6 Å². The summed E-state index contributed by atoms with van der Waals surface area (Å²) in [5, 5.41) is 6.42. The lowest BCUT2D eigenvalue weighted by atomic mass is 9.73. The number of fused-ring (bicyclic) bond motifs is 1. The Labute approximate surface area is 98.4 Å². The highest BCUT2D eigenvalue weighted by Crippen LogP contribution is 2.35. The predicted molar refractivity (Wildman–Crippen MR) is 65.1 cm³/mol. The minimum Gasteiger partial charge on any atom is -0.353 e. The fourth-order valence-corrected chi connectivity index (χ4v) is 3.13. The van der Waals surface area contributed by atoms with E-state index in [2.05, 4.69) is 10.6 Å². The van der Waals surface area contributed by atoms with Crippen LogP contribution < -0.4 is 10.6 Å². The summed E-state index contributed by atoms with van der Waals surface area (Å²) in [5.41, 5.74) is 0. The Morgan fingerprint density at radius 2 is 1.94 bits per heavy atom. The third kappa shape index (κ3) is 2.76. The van der Waals surface area contributed by atoms with Crippen molar-refractivity contribution >= 4 is 5.91 Å². The van der Waals surface area contributed by atoms with E-state index in [0.29, 0.717) is 0 Å². The van der Waals surface area contributed by atoms with E-state index in [4.69, 9.17) is 0 Å². The zero-order valence-corrected chi connectivity index (χ0v) is 10.5. The molecular weight excluding hydrogens is 200 g/mol. The summed E-state index contributed by atoms with van der Waals surface area (Å²) in [6.45, 7) is 5.08. The molecule has 1 amide bonds. The average molecular weight is 224 g/mol. The van der Waals surface area contributed by atoms with Gasteiger partial charge in [-0.3, -0.25) is 4.79 Å². The number of rotatable bonds is 2. The van der Waals surface area contributed by atoms with Crippen LogP contribution in [0.1, 0.15) is 46.0 Å². The predicted octanol–water partition coefficient (Wildman–Crippen LogP) is 1.68. The number of piperidine rings is 1. The second kappa shape index (κ2) is 5.17. The molecule has 0 bridgehead atoms. The van der Waals surface area contributed by atoms with Gasteiger partial charge in [0.15, 0.2) is 0 Å². The summed E-state index contributed by atoms with van der Waals surface area (Å²) < 4.78 is 0. The number of carbonyl (C=O) groups excluding carboxylic acids is 1. The molecule has 1 aliphatic heterocycles. The normalized spacial score (nSPS) is 34.6. The summed E-state index contributed by atoms with van der Waals surface area (Å²) in [6.07, 6.45) is 6.47. The standard InChI is InChI=1S/C13H24N2O/c1-9(2)15-13(16)12-7-10-5-3-4-6-11(10)8-14-12/h9-12,14H,3-8H2,1-2H3,(H,15,16)/t10-,11?,12?/m0/s1. The molecule has 2 unspecified atom stereocenters. The molecule has 0 radical (unpaired) electrons. The monoisotopic (exact) mass is 224 g/mol. The molecule has 2 fully saturated rings. The highest BCUT2D eigenvalue weighted by molar-refractivity contribution is 5.82. The first-order chi connectivity index (χ1) is 7.66. The van der Waals surface area contributed by atoms with Crippen molar-refractivity contribution < 1.29 is 4.79 Å². The minimum atomic E-state index is 0.0572. The average Bonchev–Trinajstić information content (AvgIpc) is 2.27. The van der Waals surface area contributed by atoms with E-state index in [0.717, 1.165) is 24.8 Å². The van der Waals surface area contributed by atoms with E-state index >= 15 is 0 Å². The molecule has 0 spiro atoms. The van der Waals surface area contributed by atoms with E-state index in [1.54, 1.807) is 0 Å². The van der Waals surface area contributed by atoms with E-state index in [1.807, 2.05) is 13.8 Å². The Morgan fingerprint density at radius 3 is 2.62 bits per heavy atom. The van der Waals surface area contributed by atoms with Crippen LogP contribution in [0.3, 0.4) is 0 Å². The van der Waals surface area contributed by atoms with Crippen LogP contribution in [0.4, 0.5) is 0 Å². The van der Waals surface area contributed by atoms with Crippen LogP contribution in [0.5, 0.6) is 0 Å². The van der Waals surface area contributed by atoms with Crippen LogP contribution in [0.2, 0.25) is 0 Å². The zero-order valence-electron chi connectivity index (χ0n) is 10.5. The van der Waals surface area contributed by atoms with Gasteiger partial charge in [0.1, 0.15) is 0 Å². The van der Waals surface area contributed by atoms with Crippen molar-refractivity contribution in [1.82, 2.24) is 10.6 Å². The molecule has 1 saturated carbocycles. The SMILES string of the molecule is CC(C)NC(=O)C1C[C@@H]2CCCCC2CN1. The van der Waals surface area contributed by atoms with Gasteiger partial charge >= 0.3 is 0 Å². The maximum atomic E-state index is 11.9. The van der Waals surface area contributed by atoms with Gasteiger partial charge in [-0.15, -0.1) is 0 Å². The van der Waals surface area contributed by atoms with Gasteiger partial charge in [0.05, 0.1) is 6.04 Å². The van der Waals surface area contributed by atoms with Crippen LogP contribution >= 0.6 is 0 Å². The number of carbonyl (C=O) groups is 1. The highest BCUT2D eigenvalue weighted by Gasteiger charge is 2.34. The molecule has 92 valence electrons. The van der Waals surface area contributed by atoms with Gasteiger partial charge in [0, 0.05) is 6.04 Å². The molecule has 1 saturated heterocycles. The molecule has 3 heteroatoms. The maximum Gasteiger partial charge on any atom is 0.237 e. The second-order valence-corrected chi connectivity index (χ2v) is 5.66. The first-order valence-electron chi connectivity index (χ1n) is 6.70. The molecular formula is C13H24N2O. The second-order valence-electron chi connectivity index (χ2n) is 5.66. The smallest absolute Gasteiger partial charge is 0.237 e. The quantitative estimate of drug-likeness (QED) is 0.749. The summed E-state index contributed by atoms with van der Waals surface area (Å²) >= 11 is 0. The van der Waals surface area contributed by atoms with Crippen molar-refractivity contribution in [3.05, 3.63) is 0 Å². The lowest BCUT2D eigenvalue weighted by molar-refractivity contribution is -0.125. The molecule has 0 aromatic carbocycles. The molecule has 16 heavy (non-hydrogen) atoms. The van der Waals surface area contributed by atoms with E-state index < -0.39 is 0 Å². The van der Waals surface area contributed by atoms with E-state index in [9.17, 15) is 4.79 Å². The van der Waals surface area contributed by atoms with E-state index in [1.165, 1.54) is 25.7 Å². The van der Waals surface area contributed by atoms with E-state index in [-0.39, 0.29) is 18.0 Å². The molecule has 1 heterocycles. The number of nitrogens with one attached hydrogen (secondary N) is 2. The molecule has 2 N–H and O–H groups in total. The van der Waals surface area contributed by atoms with Crippen LogP contribution in [0.15, 0.2) is 0 Å². The molecule has 2 aliphatic rings. The van der Waals surface area contributed by atoms with Crippen molar-refractivity contribution in [2.24, 2.45) is 11.8 Å². The van der Waals surface area contributed by atoms with Crippen LogP contribution in [-0.4, -0.2) is 24.5 Å². The third-order valence-corrected chi connectivity index (χ3v) is 3.98. The zero-order chi connectivity index (χ0) is 11.5. The van der Waals surface area contributed by atoms with Crippen molar-refractivity contribution in [2.45, 2.75) is 58.0 Å². The Kier molecular flexibility index (Phi) is 3.85. The minimum absolute atomic E-state index is 0.0572. The van der Waals surface area contributed by atoms with Gasteiger partial charge in [0.25, 0.3) is 0 Å². The highest BCUT2D eigenvalue weighted by atomic mass is 16.2. The summed E-state index contributed by atoms with van der Waals surface area (Å²) in [7, 11) is 0. The Hall–Kier alpha value is -0.570. The van der Waals surface area contributed by atoms with Crippen LogP contribution in [-0.2, 0) is 4.79 Å². The first kappa shape index (κ1) is 11.9. The fourth-order valence-electron chi connectivity index (χ4n) is 3.13. The van der Waals surface area contributed by atoms with Crippen LogP contribution in [0, 0.1) is 11.8 Å². The molecule has 2 rings (SSSR count). The lowest BCUT2D eigenvalue weighted by Gasteiger charge is -2.39. The summed E-state index contributed by atoms with van der Waals surface area (Å²) in [6, 6.07) is 0.306. The van der Waals surface area contributed by atoms with Gasteiger partial charge in [-0.1, -0.05) is 19.3 Å². The van der Waals surface area contributed by atoms with Gasteiger partial charge in [0.2, 0.25) is 5.91 Å². The number of hydrogen-bond donors (Lipinski definition) is 2. The topological polar surface area (TPSA) is 41.1 Å². The van der Waals surface area contributed by atoms with Crippen molar-refractivity contribution in [2.75, 3.05) is 6.54 Å². The van der Waals surface area contributed by atoms with Crippen molar-refractivity contribution in [3.8, 4) is 0 Å². The molecule has 0 aromatic rings. The molecule has 3 nitrogen and oxygen atoms in total. The molecule has 1 aliphatic carbocycles. The Morgan fingerprint density at radius 1 is 1.25 bits per heavy atom. The Bertz CT molecular complexity index is 252. The van der Waals surface area contributed by atoms with Crippen LogP contribution in [0.25, 0.3) is 0 Å². The van der Waals surface area contributed by atoms with Crippen molar-refractivity contribution in [3.63, 3.8) is 0 Å². The third-order valence-electron chi connectivity index (χ3n) is 3.98. The first-order valence-corrected chi connectivity index (χ1v) is 6.70. The fraction of sp³-hybridized carbons (Fsp3) is 0.923.